The number of halogens is 1. The van der Waals surface area contributed by atoms with E-state index < -0.39 is 0 Å². The molecule has 0 radical (unpaired) electrons. The van der Waals surface area contributed by atoms with Crippen LogP contribution in [0.3, 0.4) is 0 Å². The summed E-state index contributed by atoms with van der Waals surface area (Å²) in [7, 11) is 0. The van der Waals surface area contributed by atoms with Crippen LogP contribution in [0, 0.1) is 6.92 Å². The van der Waals surface area contributed by atoms with Gasteiger partial charge in [0.25, 0.3) is 5.91 Å². The lowest BCUT2D eigenvalue weighted by Crippen LogP contribution is -3.19. The van der Waals surface area contributed by atoms with Crippen molar-refractivity contribution in [1.82, 2.24) is 0 Å². The first-order valence-corrected chi connectivity index (χ1v) is 10.4. The fourth-order valence-corrected chi connectivity index (χ4v) is 4.40. The van der Waals surface area contributed by atoms with E-state index in [1.165, 1.54) is 10.5 Å². The van der Waals surface area contributed by atoms with Gasteiger partial charge in [0.1, 0.15) is 6.54 Å². The molecule has 2 aromatic rings. The Hall–Kier alpha value is -2.57. The number of piperazine rings is 1. The Labute approximate surface area is 176 Å². The number of nitrogens with one attached hydrogen (secondary N) is 2. The first-order valence-electron chi connectivity index (χ1n) is 10.00. The second-order valence-electron chi connectivity index (χ2n) is 7.79. The van der Waals surface area contributed by atoms with Gasteiger partial charge in [0.15, 0.2) is 6.04 Å². The smallest absolute Gasteiger partial charge is 0.285 e. The van der Waals surface area contributed by atoms with Gasteiger partial charge in [0, 0.05) is 10.7 Å². The van der Waals surface area contributed by atoms with Gasteiger partial charge in [-0.05, 0) is 43.7 Å². The Balaban J connectivity index is 1.45. The number of benzene rings is 2. The lowest BCUT2D eigenvalue weighted by atomic mass is 10.1. The Bertz CT molecular complexity index is 940. The minimum absolute atomic E-state index is 0.00492. The zero-order valence-corrected chi connectivity index (χ0v) is 17.5. The average Bonchev–Trinajstić information content (AvgIpc) is 2.74. The summed E-state index contributed by atoms with van der Waals surface area (Å²) in [5.74, 6) is -0.157. The van der Waals surface area contributed by atoms with E-state index in [2.05, 4.69) is 17.1 Å². The first kappa shape index (κ1) is 19.7. The molecule has 2 aliphatic rings. The van der Waals surface area contributed by atoms with Crippen molar-refractivity contribution in [2.24, 2.45) is 0 Å². The van der Waals surface area contributed by atoms with Crippen molar-refractivity contribution in [3.8, 4) is 0 Å². The van der Waals surface area contributed by atoms with Crippen molar-refractivity contribution in [3.05, 3.63) is 53.1 Å². The quantitative estimate of drug-likeness (QED) is 0.805. The summed E-state index contributed by atoms with van der Waals surface area (Å²) >= 11 is 6.18. The van der Waals surface area contributed by atoms with Gasteiger partial charge in [-0.3, -0.25) is 14.5 Å². The van der Waals surface area contributed by atoms with Gasteiger partial charge >= 0.3 is 0 Å². The number of nitrogens with zero attached hydrogens (tertiary/aromatic N) is 2. The van der Waals surface area contributed by atoms with Crippen LogP contribution >= 0.6 is 11.6 Å². The van der Waals surface area contributed by atoms with Crippen LogP contribution in [0.2, 0.25) is 5.02 Å². The fourth-order valence-electron chi connectivity index (χ4n) is 4.23. The van der Waals surface area contributed by atoms with Crippen LogP contribution in [-0.4, -0.2) is 50.6 Å². The molecule has 7 heteroatoms. The normalized spacial score (nSPS) is 18.2. The number of anilines is 3. The van der Waals surface area contributed by atoms with E-state index in [0.29, 0.717) is 5.69 Å². The predicted octanol–water partition coefficient (Wildman–Crippen LogP) is 1.73. The monoisotopic (exact) mass is 413 g/mol. The maximum absolute atomic E-state index is 13.2. The van der Waals surface area contributed by atoms with Gasteiger partial charge in [-0.1, -0.05) is 29.8 Å². The number of hydrogen-bond donors (Lipinski definition) is 2. The van der Waals surface area contributed by atoms with Gasteiger partial charge in [-0.25, -0.2) is 0 Å². The predicted molar refractivity (Wildman–Crippen MR) is 116 cm³/mol. The molecule has 2 aliphatic heterocycles. The van der Waals surface area contributed by atoms with Crippen LogP contribution < -0.4 is 20.0 Å². The van der Waals surface area contributed by atoms with Gasteiger partial charge in [0.05, 0.1) is 37.6 Å². The summed E-state index contributed by atoms with van der Waals surface area (Å²) in [5.41, 5.74) is 3.84. The zero-order chi connectivity index (χ0) is 20.5. The van der Waals surface area contributed by atoms with E-state index >= 15 is 0 Å². The Morgan fingerprint density at radius 2 is 1.86 bits per heavy atom. The third-order valence-corrected chi connectivity index (χ3v) is 6.17. The highest BCUT2D eigenvalue weighted by Crippen LogP contribution is 2.29. The number of quaternary nitrogens is 1. The van der Waals surface area contributed by atoms with Crippen molar-refractivity contribution < 1.29 is 14.5 Å². The van der Waals surface area contributed by atoms with E-state index in [0.717, 1.165) is 42.6 Å². The molecule has 2 amide bonds. The third kappa shape index (κ3) is 3.95. The maximum Gasteiger partial charge on any atom is 0.285 e. The van der Waals surface area contributed by atoms with Gasteiger partial charge < -0.3 is 15.1 Å². The van der Waals surface area contributed by atoms with E-state index in [1.54, 1.807) is 4.90 Å². The van der Waals surface area contributed by atoms with Crippen molar-refractivity contribution in [3.63, 3.8) is 0 Å². The van der Waals surface area contributed by atoms with Crippen molar-refractivity contribution in [2.45, 2.75) is 19.9 Å². The topological polar surface area (TPSA) is 57.1 Å². The molecule has 0 unspecified atom stereocenters. The molecule has 29 heavy (non-hydrogen) atoms. The highest BCUT2D eigenvalue weighted by molar-refractivity contribution is 6.30. The molecule has 2 N–H and O–H groups in total. The summed E-state index contributed by atoms with van der Waals surface area (Å²) in [4.78, 5) is 30.5. The standard InChI is InChI=1S/C22H25ClN4O2/c1-15-7-8-17(23)13-20(15)26-11-9-25(10-12-26)16(2)22(29)27-14-21(28)24-18-5-3-4-6-19(18)27/h3-8,13,16H,9-12,14H2,1-2H3,(H,24,28)/p+1/t16-/m1/s1. The molecule has 6 nitrogen and oxygen atoms in total. The van der Waals surface area contributed by atoms with Crippen LogP contribution in [0.5, 0.6) is 0 Å². The van der Waals surface area contributed by atoms with E-state index in [4.69, 9.17) is 11.6 Å². The maximum atomic E-state index is 13.2. The number of carbonyl (C=O) groups excluding carboxylic acids is 2. The molecule has 0 aliphatic carbocycles. The third-order valence-electron chi connectivity index (χ3n) is 5.94. The Morgan fingerprint density at radius 3 is 2.62 bits per heavy atom. The molecule has 0 spiro atoms. The molecule has 2 aromatic carbocycles. The molecular formula is C22H26ClN4O2+. The molecule has 152 valence electrons. The van der Waals surface area contributed by atoms with Crippen LogP contribution in [0.15, 0.2) is 42.5 Å². The molecule has 1 fully saturated rings. The minimum Gasteiger partial charge on any atom is -0.360 e. The molecule has 1 atom stereocenters. The van der Waals surface area contributed by atoms with Crippen LogP contribution in [0.1, 0.15) is 12.5 Å². The summed E-state index contributed by atoms with van der Waals surface area (Å²) in [5, 5.41) is 3.58. The summed E-state index contributed by atoms with van der Waals surface area (Å²) in [6.45, 7) is 7.59. The number of amides is 2. The summed E-state index contributed by atoms with van der Waals surface area (Å²) in [6.07, 6.45) is 0. The fraction of sp³-hybridized carbons (Fsp3) is 0.364. The van der Waals surface area contributed by atoms with Crippen LogP contribution in [0.25, 0.3) is 0 Å². The number of carbonyl (C=O) groups is 2. The largest absolute Gasteiger partial charge is 0.360 e. The van der Waals surface area contributed by atoms with Crippen molar-refractivity contribution >= 4 is 40.5 Å². The van der Waals surface area contributed by atoms with Crippen molar-refractivity contribution in [2.75, 3.05) is 47.8 Å². The molecule has 1 saturated heterocycles. The highest BCUT2D eigenvalue weighted by Gasteiger charge is 2.36. The number of hydrogen-bond acceptors (Lipinski definition) is 3. The van der Waals surface area contributed by atoms with Crippen molar-refractivity contribution in [1.29, 1.82) is 0 Å². The molecule has 0 saturated carbocycles. The van der Waals surface area contributed by atoms with Gasteiger partial charge in [-0.15, -0.1) is 0 Å². The lowest BCUT2D eigenvalue weighted by Gasteiger charge is -2.38. The second kappa shape index (κ2) is 8.05. The average molecular weight is 414 g/mol. The summed E-state index contributed by atoms with van der Waals surface area (Å²) in [6, 6.07) is 13.2. The van der Waals surface area contributed by atoms with Gasteiger partial charge in [0.2, 0.25) is 5.91 Å². The molecule has 0 bridgehead atoms. The Kier molecular flexibility index (Phi) is 5.48. The van der Waals surface area contributed by atoms with Crippen LogP contribution in [0.4, 0.5) is 17.1 Å². The minimum atomic E-state index is -0.212. The first-order chi connectivity index (χ1) is 13.9. The summed E-state index contributed by atoms with van der Waals surface area (Å²) < 4.78 is 0. The molecular weight excluding hydrogens is 388 g/mol. The Morgan fingerprint density at radius 1 is 1.14 bits per heavy atom. The second-order valence-corrected chi connectivity index (χ2v) is 8.22. The van der Waals surface area contributed by atoms with E-state index in [-0.39, 0.29) is 24.4 Å². The number of rotatable bonds is 3. The SMILES string of the molecule is Cc1ccc(Cl)cc1N1CC[NH+]([C@H](C)C(=O)N2CC(=O)Nc3ccccc32)CC1. The lowest BCUT2D eigenvalue weighted by molar-refractivity contribution is -0.914. The van der Waals surface area contributed by atoms with Gasteiger partial charge in [-0.2, -0.15) is 0 Å². The highest BCUT2D eigenvalue weighted by atomic mass is 35.5. The number of fused-ring (bicyclic) bond motifs is 1. The number of para-hydroxylation sites is 2. The molecule has 4 rings (SSSR count). The zero-order valence-electron chi connectivity index (χ0n) is 16.7. The molecule has 2 heterocycles. The van der Waals surface area contributed by atoms with Crippen LogP contribution in [-0.2, 0) is 9.59 Å². The van der Waals surface area contributed by atoms with E-state index in [9.17, 15) is 9.59 Å². The molecule has 0 aromatic heterocycles. The number of aryl methyl sites for hydroxylation is 1. The van der Waals surface area contributed by atoms with E-state index in [1.807, 2.05) is 49.4 Å².